The molecule has 0 saturated heterocycles. The summed E-state index contributed by atoms with van der Waals surface area (Å²) in [6, 6.07) is 24.4. The number of benzene rings is 3. The molecule has 0 aliphatic heterocycles. The first-order valence-electron chi connectivity index (χ1n) is 9.43. The van der Waals surface area contributed by atoms with E-state index in [2.05, 4.69) is 9.97 Å². The van der Waals surface area contributed by atoms with Gasteiger partial charge in [0, 0.05) is 0 Å². The number of fused-ring (bicyclic) bond motifs is 1. The van der Waals surface area contributed by atoms with Crippen LogP contribution in [-0.4, -0.2) is 15.9 Å². The third-order valence-corrected chi connectivity index (χ3v) is 4.77. The minimum atomic E-state index is -0.690. The van der Waals surface area contributed by atoms with Crippen molar-refractivity contribution in [2.45, 2.75) is 19.4 Å². The molecule has 1 heterocycles. The number of aromatic amines is 1. The van der Waals surface area contributed by atoms with Crippen LogP contribution >= 0.6 is 0 Å². The zero-order chi connectivity index (χ0) is 20.2. The van der Waals surface area contributed by atoms with E-state index in [1.165, 1.54) is 0 Å². The second-order valence-electron chi connectivity index (χ2n) is 6.84. The molecule has 0 unspecified atom stereocenters. The number of nitrogens with zero attached hydrogens (tertiary/aromatic N) is 1. The summed E-state index contributed by atoms with van der Waals surface area (Å²) in [5.41, 5.74) is 2.82. The van der Waals surface area contributed by atoms with E-state index < -0.39 is 12.1 Å². The van der Waals surface area contributed by atoms with E-state index in [9.17, 15) is 9.59 Å². The number of rotatable bonds is 5. The number of hydrogen-bond donors (Lipinski definition) is 1. The predicted octanol–water partition coefficient (Wildman–Crippen LogP) is 4.43. The van der Waals surface area contributed by atoms with Gasteiger partial charge in [-0.15, -0.1) is 0 Å². The highest BCUT2D eigenvalue weighted by Crippen LogP contribution is 2.20. The molecule has 5 nitrogen and oxygen atoms in total. The quantitative estimate of drug-likeness (QED) is 0.517. The SMILES string of the molecule is C[C@H](OC(=O)c1ccccc1Cc1ccccc1)c1nc2ccccc2c(=O)[nH]1. The highest BCUT2D eigenvalue weighted by Gasteiger charge is 2.19. The number of ether oxygens (including phenoxy) is 1. The molecule has 4 rings (SSSR count). The van der Waals surface area contributed by atoms with Gasteiger partial charge in [-0.3, -0.25) is 4.79 Å². The van der Waals surface area contributed by atoms with E-state index in [1.807, 2.05) is 54.6 Å². The summed E-state index contributed by atoms with van der Waals surface area (Å²) in [5, 5.41) is 0.503. The van der Waals surface area contributed by atoms with Crippen molar-refractivity contribution in [3.8, 4) is 0 Å². The number of H-pyrrole nitrogens is 1. The van der Waals surface area contributed by atoms with Crippen molar-refractivity contribution in [1.82, 2.24) is 9.97 Å². The van der Waals surface area contributed by atoms with E-state index in [1.54, 1.807) is 31.2 Å². The van der Waals surface area contributed by atoms with Gasteiger partial charge in [0.05, 0.1) is 16.5 Å². The number of carbonyl (C=O) groups excluding carboxylic acids is 1. The maximum absolute atomic E-state index is 12.8. The summed E-state index contributed by atoms with van der Waals surface area (Å²) in [5.74, 6) is -0.123. The largest absolute Gasteiger partial charge is 0.451 e. The molecule has 0 amide bonds. The zero-order valence-electron chi connectivity index (χ0n) is 16.0. The molecule has 0 spiro atoms. The molecular formula is C24H20N2O3. The molecule has 1 atom stereocenters. The van der Waals surface area contributed by atoms with E-state index >= 15 is 0 Å². The Kier molecular flexibility index (Phi) is 5.20. The molecule has 29 heavy (non-hydrogen) atoms. The van der Waals surface area contributed by atoms with Gasteiger partial charge in [0.2, 0.25) is 0 Å². The number of para-hydroxylation sites is 1. The van der Waals surface area contributed by atoms with E-state index in [0.717, 1.165) is 11.1 Å². The normalized spacial score (nSPS) is 11.9. The van der Waals surface area contributed by atoms with Crippen LogP contribution in [0, 0.1) is 0 Å². The van der Waals surface area contributed by atoms with Crippen LogP contribution in [0.1, 0.15) is 40.3 Å². The standard InChI is InChI=1S/C24H20N2O3/c1-16(22-25-21-14-8-7-13-20(21)23(27)26-22)29-24(28)19-12-6-5-11-18(19)15-17-9-3-2-4-10-17/h2-14,16H,15H2,1H3,(H,25,26,27)/t16-/m0/s1. The first-order valence-corrected chi connectivity index (χ1v) is 9.43. The van der Waals surface area contributed by atoms with E-state index in [0.29, 0.717) is 28.7 Å². The third kappa shape index (κ3) is 4.09. The van der Waals surface area contributed by atoms with Crippen molar-refractivity contribution >= 4 is 16.9 Å². The lowest BCUT2D eigenvalue weighted by Gasteiger charge is -2.15. The van der Waals surface area contributed by atoms with E-state index in [-0.39, 0.29) is 5.56 Å². The van der Waals surface area contributed by atoms with Crippen molar-refractivity contribution in [3.63, 3.8) is 0 Å². The lowest BCUT2D eigenvalue weighted by molar-refractivity contribution is 0.0319. The molecule has 0 fully saturated rings. The second kappa shape index (κ2) is 8.10. The van der Waals surface area contributed by atoms with Crippen molar-refractivity contribution < 1.29 is 9.53 Å². The second-order valence-corrected chi connectivity index (χ2v) is 6.84. The van der Waals surface area contributed by atoms with Gasteiger partial charge in [-0.2, -0.15) is 0 Å². The van der Waals surface area contributed by atoms with Gasteiger partial charge in [0.25, 0.3) is 5.56 Å². The van der Waals surface area contributed by atoms with Crippen LogP contribution in [0.15, 0.2) is 83.7 Å². The Hall–Kier alpha value is -3.73. The minimum Gasteiger partial charge on any atom is -0.451 e. The Bertz CT molecular complexity index is 1220. The lowest BCUT2D eigenvalue weighted by Crippen LogP contribution is -2.18. The monoisotopic (exact) mass is 384 g/mol. The molecule has 5 heteroatoms. The average molecular weight is 384 g/mol. The maximum Gasteiger partial charge on any atom is 0.339 e. The number of aromatic nitrogens is 2. The topological polar surface area (TPSA) is 72.0 Å². The van der Waals surface area contributed by atoms with Crippen molar-refractivity contribution in [3.05, 3.63) is 112 Å². The molecule has 1 aromatic heterocycles. The molecular weight excluding hydrogens is 364 g/mol. The molecule has 1 N–H and O–H groups in total. The molecule has 3 aromatic carbocycles. The Morgan fingerprint density at radius 3 is 2.48 bits per heavy atom. The molecule has 0 saturated carbocycles. The summed E-state index contributed by atoms with van der Waals surface area (Å²) in [7, 11) is 0. The summed E-state index contributed by atoms with van der Waals surface area (Å²) in [6.07, 6.45) is -0.0597. The van der Waals surface area contributed by atoms with Crippen LogP contribution in [0.25, 0.3) is 10.9 Å². The van der Waals surface area contributed by atoms with Crippen LogP contribution in [0.4, 0.5) is 0 Å². The Labute approximate surface area is 168 Å². The summed E-state index contributed by atoms with van der Waals surface area (Å²) >= 11 is 0. The number of carbonyl (C=O) groups is 1. The predicted molar refractivity (Wildman–Crippen MR) is 112 cm³/mol. The summed E-state index contributed by atoms with van der Waals surface area (Å²) in [4.78, 5) is 32.3. The van der Waals surface area contributed by atoms with Gasteiger partial charge in [-0.25, -0.2) is 9.78 Å². The van der Waals surface area contributed by atoms with Crippen LogP contribution in [0.2, 0.25) is 0 Å². The lowest BCUT2D eigenvalue weighted by atomic mass is 10.00. The van der Waals surface area contributed by atoms with Gasteiger partial charge in [0.15, 0.2) is 11.9 Å². The van der Waals surface area contributed by atoms with Crippen LogP contribution in [-0.2, 0) is 11.2 Å². The van der Waals surface area contributed by atoms with Gasteiger partial charge in [-0.05, 0) is 42.7 Å². The van der Waals surface area contributed by atoms with Crippen LogP contribution in [0.5, 0.6) is 0 Å². The van der Waals surface area contributed by atoms with Crippen LogP contribution < -0.4 is 5.56 Å². The fraction of sp³-hybridized carbons (Fsp3) is 0.125. The highest BCUT2D eigenvalue weighted by atomic mass is 16.5. The smallest absolute Gasteiger partial charge is 0.339 e. The molecule has 0 radical (unpaired) electrons. The van der Waals surface area contributed by atoms with Gasteiger partial charge >= 0.3 is 5.97 Å². The number of nitrogens with one attached hydrogen (secondary N) is 1. The van der Waals surface area contributed by atoms with Crippen molar-refractivity contribution in [2.75, 3.05) is 0 Å². The fourth-order valence-electron chi connectivity index (χ4n) is 3.27. The van der Waals surface area contributed by atoms with Crippen molar-refractivity contribution in [2.24, 2.45) is 0 Å². The summed E-state index contributed by atoms with van der Waals surface area (Å²) < 4.78 is 5.63. The van der Waals surface area contributed by atoms with Gasteiger partial charge in [-0.1, -0.05) is 60.7 Å². The van der Waals surface area contributed by atoms with Crippen molar-refractivity contribution in [1.29, 1.82) is 0 Å². The molecule has 0 bridgehead atoms. The molecule has 144 valence electrons. The van der Waals surface area contributed by atoms with E-state index in [4.69, 9.17) is 4.74 Å². The first-order chi connectivity index (χ1) is 14.1. The maximum atomic E-state index is 12.8. The average Bonchev–Trinajstić information content (AvgIpc) is 2.75. The van der Waals surface area contributed by atoms with Gasteiger partial charge in [0.1, 0.15) is 0 Å². The minimum absolute atomic E-state index is 0.252. The third-order valence-electron chi connectivity index (χ3n) is 4.77. The molecule has 0 aliphatic rings. The first kappa shape index (κ1) is 18.6. The Morgan fingerprint density at radius 1 is 0.966 bits per heavy atom. The Balaban J connectivity index is 1.58. The Morgan fingerprint density at radius 2 is 1.66 bits per heavy atom. The zero-order valence-corrected chi connectivity index (χ0v) is 16.0. The van der Waals surface area contributed by atoms with Gasteiger partial charge < -0.3 is 9.72 Å². The summed E-state index contributed by atoms with van der Waals surface area (Å²) in [6.45, 7) is 1.70. The van der Waals surface area contributed by atoms with Crippen LogP contribution in [0.3, 0.4) is 0 Å². The number of hydrogen-bond acceptors (Lipinski definition) is 4. The molecule has 0 aliphatic carbocycles. The number of esters is 1. The molecule has 4 aromatic rings. The highest BCUT2D eigenvalue weighted by molar-refractivity contribution is 5.91. The fourth-order valence-corrected chi connectivity index (χ4v) is 3.27.